The van der Waals surface area contributed by atoms with E-state index in [1.54, 1.807) is 0 Å². The zero-order chi connectivity index (χ0) is 8.97. The van der Waals surface area contributed by atoms with Crippen LogP contribution in [0.1, 0.15) is 50.8 Å². The number of nitrogens with zero attached hydrogens (tertiary/aromatic N) is 1. The van der Waals surface area contributed by atoms with Crippen LogP contribution in [0, 0.1) is 0 Å². The van der Waals surface area contributed by atoms with E-state index < -0.39 is 0 Å². The highest BCUT2D eigenvalue weighted by atomic mass is 15.1. The second-order valence-electron chi connectivity index (χ2n) is 3.10. The van der Waals surface area contributed by atoms with E-state index in [1.807, 2.05) is 20.0 Å². The van der Waals surface area contributed by atoms with Gasteiger partial charge in [-0.25, -0.2) is 0 Å². The van der Waals surface area contributed by atoms with Gasteiger partial charge in [0.15, 0.2) is 0 Å². The lowest BCUT2D eigenvalue weighted by molar-refractivity contribution is 0.585. The molecule has 68 valence electrons. The van der Waals surface area contributed by atoms with Crippen LogP contribution in [-0.2, 0) is 6.42 Å². The van der Waals surface area contributed by atoms with Gasteiger partial charge >= 0.3 is 0 Å². The molecule has 0 amide bonds. The minimum absolute atomic E-state index is 0.725. The quantitative estimate of drug-likeness (QED) is 0.630. The first-order valence-electron chi connectivity index (χ1n) is 4.90. The molecule has 2 rings (SSSR count). The number of fused-ring (bicyclic) bond motifs is 1. The van der Waals surface area contributed by atoms with Crippen molar-refractivity contribution in [2.45, 2.75) is 46.0 Å². The Morgan fingerprint density at radius 2 is 2.25 bits per heavy atom. The molecule has 1 aromatic heterocycles. The third kappa shape index (κ3) is 1.68. The van der Waals surface area contributed by atoms with Crippen LogP contribution >= 0.6 is 0 Å². The lowest BCUT2D eigenvalue weighted by atomic mass is 9.89. The number of hydrogen-bond acceptors (Lipinski definition) is 1. The van der Waals surface area contributed by atoms with E-state index in [1.165, 1.54) is 30.5 Å². The fourth-order valence-corrected chi connectivity index (χ4v) is 1.69. The molecule has 1 aliphatic carbocycles. The molecule has 1 heterocycles. The molecule has 0 aromatic carbocycles. The molecule has 0 fully saturated rings. The molecule has 0 saturated heterocycles. The maximum absolute atomic E-state index is 4.03. The summed E-state index contributed by atoms with van der Waals surface area (Å²) in [6.45, 7) is 6.27. The van der Waals surface area contributed by atoms with Gasteiger partial charge in [-0.15, -0.1) is 0 Å². The highest BCUT2D eigenvalue weighted by Crippen LogP contribution is 2.28. The number of hydrogen-bond donors (Lipinski definition) is 1. The van der Waals surface area contributed by atoms with Crippen LogP contribution in [0.15, 0.2) is 6.20 Å². The molecular formula is C10H18N2. The molecule has 0 bridgehead atoms. The van der Waals surface area contributed by atoms with Gasteiger partial charge in [-0.1, -0.05) is 20.8 Å². The van der Waals surface area contributed by atoms with Crippen LogP contribution < -0.4 is 0 Å². The van der Waals surface area contributed by atoms with Crippen LogP contribution in [-0.4, -0.2) is 10.2 Å². The third-order valence-electron chi connectivity index (χ3n) is 2.35. The summed E-state index contributed by atoms with van der Waals surface area (Å²) < 4.78 is 0. The molecule has 1 atom stereocenters. The van der Waals surface area contributed by atoms with Crippen molar-refractivity contribution in [2.75, 3.05) is 0 Å². The summed E-state index contributed by atoms with van der Waals surface area (Å²) in [5, 5.41) is 7.07. The fraction of sp³-hybridized carbons (Fsp3) is 0.700. The molecule has 12 heavy (non-hydrogen) atoms. The topological polar surface area (TPSA) is 28.7 Å². The molecule has 1 unspecified atom stereocenters. The summed E-state index contributed by atoms with van der Waals surface area (Å²) in [7, 11) is 0. The van der Waals surface area contributed by atoms with Crippen LogP contribution in [0.25, 0.3) is 0 Å². The first kappa shape index (κ1) is 9.30. The van der Waals surface area contributed by atoms with Crippen molar-refractivity contribution in [1.82, 2.24) is 10.2 Å². The standard InChI is InChI=1S/C8H12N2.C2H6/c1-6-3-2-4-8-7(6)5-9-10-8;1-2/h5-6H,2-4H2,1H3,(H,9,10);1-2H3. The first-order chi connectivity index (χ1) is 5.88. The van der Waals surface area contributed by atoms with Crippen LogP contribution in [0.3, 0.4) is 0 Å². The van der Waals surface area contributed by atoms with Crippen molar-refractivity contribution in [3.05, 3.63) is 17.5 Å². The molecule has 1 aliphatic rings. The second kappa shape index (κ2) is 4.29. The van der Waals surface area contributed by atoms with Crippen molar-refractivity contribution in [3.8, 4) is 0 Å². The van der Waals surface area contributed by atoms with E-state index in [9.17, 15) is 0 Å². The Kier molecular flexibility index (Phi) is 3.32. The summed E-state index contributed by atoms with van der Waals surface area (Å²) in [5.41, 5.74) is 2.80. The highest BCUT2D eigenvalue weighted by Gasteiger charge is 2.16. The van der Waals surface area contributed by atoms with E-state index in [4.69, 9.17) is 0 Å². The minimum Gasteiger partial charge on any atom is -0.282 e. The van der Waals surface area contributed by atoms with Crippen molar-refractivity contribution in [2.24, 2.45) is 0 Å². The zero-order valence-electron chi connectivity index (χ0n) is 8.22. The van der Waals surface area contributed by atoms with Crippen molar-refractivity contribution in [1.29, 1.82) is 0 Å². The third-order valence-corrected chi connectivity index (χ3v) is 2.35. The summed E-state index contributed by atoms with van der Waals surface area (Å²) in [6.07, 6.45) is 5.81. The predicted molar refractivity (Wildman–Crippen MR) is 51.3 cm³/mol. The Balaban J connectivity index is 0.000000336. The van der Waals surface area contributed by atoms with Gasteiger partial charge < -0.3 is 0 Å². The Labute approximate surface area is 74.4 Å². The highest BCUT2D eigenvalue weighted by molar-refractivity contribution is 5.23. The summed E-state index contributed by atoms with van der Waals surface area (Å²) in [5.74, 6) is 0.725. The molecular weight excluding hydrogens is 148 g/mol. The van der Waals surface area contributed by atoms with Gasteiger partial charge in [-0.3, -0.25) is 5.10 Å². The second-order valence-corrected chi connectivity index (χ2v) is 3.10. The Morgan fingerprint density at radius 1 is 1.50 bits per heavy atom. The maximum Gasteiger partial charge on any atom is 0.0524 e. The van der Waals surface area contributed by atoms with Gasteiger partial charge in [-0.05, 0) is 30.7 Å². The maximum atomic E-state index is 4.03. The van der Waals surface area contributed by atoms with Crippen molar-refractivity contribution in [3.63, 3.8) is 0 Å². The average Bonchev–Trinajstić information content (AvgIpc) is 2.57. The number of rotatable bonds is 0. The number of nitrogens with one attached hydrogen (secondary N) is 1. The van der Waals surface area contributed by atoms with Gasteiger partial charge in [0.25, 0.3) is 0 Å². The largest absolute Gasteiger partial charge is 0.282 e. The molecule has 0 radical (unpaired) electrons. The van der Waals surface area contributed by atoms with E-state index in [0.717, 1.165) is 5.92 Å². The first-order valence-corrected chi connectivity index (χ1v) is 4.90. The van der Waals surface area contributed by atoms with E-state index in [2.05, 4.69) is 17.1 Å². The summed E-state index contributed by atoms with van der Waals surface area (Å²) >= 11 is 0. The molecule has 2 heteroatoms. The number of aromatic amines is 1. The molecule has 0 spiro atoms. The Morgan fingerprint density at radius 3 is 2.92 bits per heavy atom. The van der Waals surface area contributed by atoms with Crippen LogP contribution in [0.5, 0.6) is 0 Å². The Bertz CT molecular complexity index is 227. The Hall–Kier alpha value is -0.790. The van der Waals surface area contributed by atoms with Gasteiger partial charge in [0.2, 0.25) is 0 Å². The van der Waals surface area contributed by atoms with E-state index >= 15 is 0 Å². The molecule has 2 nitrogen and oxygen atoms in total. The number of aryl methyl sites for hydroxylation is 1. The number of H-pyrrole nitrogens is 1. The average molecular weight is 166 g/mol. The van der Waals surface area contributed by atoms with Gasteiger partial charge in [-0.2, -0.15) is 5.10 Å². The SMILES string of the molecule is CC.CC1CCCc2[nH]ncc21. The molecule has 1 aromatic rings. The van der Waals surface area contributed by atoms with Gasteiger partial charge in [0, 0.05) is 5.69 Å². The molecule has 1 N–H and O–H groups in total. The monoisotopic (exact) mass is 166 g/mol. The predicted octanol–water partition coefficient (Wildman–Crippen LogP) is 2.88. The smallest absolute Gasteiger partial charge is 0.0524 e. The molecule has 0 aliphatic heterocycles. The normalized spacial score (nSPS) is 20.8. The molecule has 0 saturated carbocycles. The summed E-state index contributed by atoms with van der Waals surface area (Å²) in [6, 6.07) is 0. The fourth-order valence-electron chi connectivity index (χ4n) is 1.69. The van der Waals surface area contributed by atoms with Gasteiger partial charge in [0.1, 0.15) is 0 Å². The van der Waals surface area contributed by atoms with E-state index in [-0.39, 0.29) is 0 Å². The lowest BCUT2D eigenvalue weighted by Crippen LogP contribution is -2.04. The van der Waals surface area contributed by atoms with Crippen molar-refractivity contribution >= 4 is 0 Å². The zero-order valence-corrected chi connectivity index (χ0v) is 8.22. The van der Waals surface area contributed by atoms with Crippen LogP contribution in [0.2, 0.25) is 0 Å². The minimum atomic E-state index is 0.725. The van der Waals surface area contributed by atoms with E-state index in [0.29, 0.717) is 0 Å². The lowest BCUT2D eigenvalue weighted by Gasteiger charge is -2.16. The summed E-state index contributed by atoms with van der Waals surface area (Å²) in [4.78, 5) is 0. The van der Waals surface area contributed by atoms with Crippen LogP contribution in [0.4, 0.5) is 0 Å². The van der Waals surface area contributed by atoms with Crippen molar-refractivity contribution < 1.29 is 0 Å². The van der Waals surface area contributed by atoms with Gasteiger partial charge in [0.05, 0.1) is 6.20 Å². The number of aromatic nitrogens is 2.